The standard InChI is InChI=1S/C23H20BrF2N7/c1-23(27,18-3-2-17(25)9-19(18)26)15-10-28-21(29-11-15)14-4-6-32(7-5-14)22-20-8-16(24)12-33(20)31-13-30-22/h2-4,8-13H,5-7,27H2,1H3. The van der Waals surface area contributed by atoms with Crippen molar-refractivity contribution in [1.82, 2.24) is 24.6 Å². The van der Waals surface area contributed by atoms with Crippen molar-refractivity contribution in [2.75, 3.05) is 18.0 Å². The Morgan fingerprint density at radius 3 is 2.61 bits per heavy atom. The Morgan fingerprint density at radius 1 is 1.12 bits per heavy atom. The molecule has 5 rings (SSSR count). The summed E-state index contributed by atoms with van der Waals surface area (Å²) in [6, 6.07) is 5.36. The molecule has 4 aromatic rings. The number of benzene rings is 1. The Labute approximate surface area is 197 Å². The summed E-state index contributed by atoms with van der Waals surface area (Å²) in [4.78, 5) is 15.6. The van der Waals surface area contributed by atoms with E-state index in [0.29, 0.717) is 17.9 Å². The maximum atomic E-state index is 14.3. The highest BCUT2D eigenvalue weighted by Crippen LogP contribution is 2.30. The Morgan fingerprint density at radius 2 is 1.91 bits per heavy atom. The summed E-state index contributed by atoms with van der Waals surface area (Å²) in [6.07, 6.45) is 9.46. The molecule has 2 N–H and O–H groups in total. The quantitative estimate of drug-likeness (QED) is 0.444. The van der Waals surface area contributed by atoms with Gasteiger partial charge < -0.3 is 10.6 Å². The van der Waals surface area contributed by atoms with Gasteiger partial charge in [0.2, 0.25) is 0 Å². The molecule has 0 aliphatic carbocycles. The van der Waals surface area contributed by atoms with Gasteiger partial charge in [0.1, 0.15) is 23.5 Å². The monoisotopic (exact) mass is 511 g/mol. The molecule has 0 amide bonds. The van der Waals surface area contributed by atoms with Crippen molar-refractivity contribution >= 4 is 32.8 Å². The zero-order chi connectivity index (χ0) is 23.2. The van der Waals surface area contributed by atoms with Crippen molar-refractivity contribution in [2.45, 2.75) is 18.9 Å². The van der Waals surface area contributed by atoms with Crippen LogP contribution in [0.15, 0.2) is 59.7 Å². The first-order valence-electron chi connectivity index (χ1n) is 10.3. The van der Waals surface area contributed by atoms with E-state index in [1.54, 1.807) is 30.2 Å². The first kappa shape index (κ1) is 21.6. The highest BCUT2D eigenvalue weighted by atomic mass is 79.9. The summed E-state index contributed by atoms with van der Waals surface area (Å²) in [7, 11) is 0. The normalized spacial score (nSPS) is 16.0. The van der Waals surface area contributed by atoms with E-state index in [-0.39, 0.29) is 5.56 Å². The highest BCUT2D eigenvalue weighted by molar-refractivity contribution is 9.10. The molecule has 1 unspecified atom stereocenters. The fraction of sp³-hybridized carbons (Fsp3) is 0.217. The molecule has 1 atom stereocenters. The number of aromatic nitrogens is 5. The van der Waals surface area contributed by atoms with Gasteiger partial charge in [0.15, 0.2) is 11.6 Å². The van der Waals surface area contributed by atoms with Crippen molar-refractivity contribution in [3.8, 4) is 0 Å². The van der Waals surface area contributed by atoms with Gasteiger partial charge in [-0.2, -0.15) is 5.10 Å². The van der Waals surface area contributed by atoms with E-state index in [9.17, 15) is 8.78 Å². The fourth-order valence-corrected chi connectivity index (χ4v) is 4.43. The second-order valence-electron chi connectivity index (χ2n) is 8.12. The summed E-state index contributed by atoms with van der Waals surface area (Å²) >= 11 is 3.48. The summed E-state index contributed by atoms with van der Waals surface area (Å²) in [5, 5.41) is 4.24. The Bertz CT molecular complexity index is 1370. The summed E-state index contributed by atoms with van der Waals surface area (Å²) in [5.74, 6) is 0.117. The Balaban J connectivity index is 1.36. The fourth-order valence-electron chi connectivity index (χ4n) is 4.02. The zero-order valence-corrected chi connectivity index (χ0v) is 19.3. The van der Waals surface area contributed by atoms with Gasteiger partial charge in [0.05, 0.1) is 5.54 Å². The first-order chi connectivity index (χ1) is 15.8. The molecular weight excluding hydrogens is 492 g/mol. The first-order valence-corrected chi connectivity index (χ1v) is 11.1. The average molecular weight is 512 g/mol. The molecule has 4 heterocycles. The molecule has 0 bridgehead atoms. The van der Waals surface area contributed by atoms with Gasteiger partial charge in [0.25, 0.3) is 0 Å². The summed E-state index contributed by atoms with van der Waals surface area (Å²) in [6.45, 7) is 3.06. The molecule has 0 saturated heterocycles. The Hall–Kier alpha value is -3.24. The third-order valence-corrected chi connectivity index (χ3v) is 6.32. The molecule has 0 fully saturated rings. The van der Waals surface area contributed by atoms with Crippen LogP contribution < -0.4 is 10.6 Å². The van der Waals surface area contributed by atoms with Crippen molar-refractivity contribution in [3.63, 3.8) is 0 Å². The predicted molar refractivity (Wildman–Crippen MR) is 125 cm³/mol. The third kappa shape index (κ3) is 4.00. The van der Waals surface area contributed by atoms with Crippen molar-refractivity contribution < 1.29 is 8.78 Å². The molecule has 33 heavy (non-hydrogen) atoms. The predicted octanol–water partition coefficient (Wildman–Crippen LogP) is 4.08. The molecule has 7 nitrogen and oxygen atoms in total. The maximum absolute atomic E-state index is 14.3. The lowest BCUT2D eigenvalue weighted by Gasteiger charge is -2.28. The van der Waals surface area contributed by atoms with Crippen LogP contribution in [0.4, 0.5) is 14.6 Å². The molecule has 1 aliphatic heterocycles. The number of rotatable bonds is 4. The topological polar surface area (TPSA) is 85.2 Å². The third-order valence-electron chi connectivity index (χ3n) is 5.89. The average Bonchev–Trinajstić information content (AvgIpc) is 3.19. The van der Waals surface area contributed by atoms with Gasteiger partial charge in [0, 0.05) is 53.3 Å². The number of fused-ring (bicyclic) bond motifs is 1. The van der Waals surface area contributed by atoms with E-state index < -0.39 is 17.2 Å². The number of hydrogen-bond acceptors (Lipinski definition) is 6. The van der Waals surface area contributed by atoms with E-state index in [2.05, 4.69) is 47.0 Å². The van der Waals surface area contributed by atoms with E-state index in [0.717, 1.165) is 40.4 Å². The smallest absolute Gasteiger partial charge is 0.156 e. The van der Waals surface area contributed by atoms with Gasteiger partial charge in [-0.15, -0.1) is 0 Å². The van der Waals surface area contributed by atoms with Crippen molar-refractivity contribution in [3.05, 3.63) is 88.3 Å². The molecule has 1 aliphatic rings. The van der Waals surface area contributed by atoms with Crippen LogP contribution in [0, 0.1) is 11.6 Å². The number of nitrogens with zero attached hydrogens (tertiary/aromatic N) is 6. The van der Waals surface area contributed by atoms with Crippen LogP contribution in [0.3, 0.4) is 0 Å². The van der Waals surface area contributed by atoms with Crippen LogP contribution in [0.2, 0.25) is 0 Å². The summed E-state index contributed by atoms with van der Waals surface area (Å²) in [5.41, 5.74) is 7.86. The van der Waals surface area contributed by atoms with Gasteiger partial charge >= 0.3 is 0 Å². The summed E-state index contributed by atoms with van der Waals surface area (Å²) < 4.78 is 30.3. The molecule has 0 spiro atoms. The van der Waals surface area contributed by atoms with Crippen LogP contribution in [0.5, 0.6) is 0 Å². The second-order valence-corrected chi connectivity index (χ2v) is 9.03. The molecular formula is C23H20BrF2N7. The van der Waals surface area contributed by atoms with E-state index >= 15 is 0 Å². The van der Waals surface area contributed by atoms with Crippen LogP contribution in [0.25, 0.3) is 11.1 Å². The maximum Gasteiger partial charge on any atom is 0.156 e. The van der Waals surface area contributed by atoms with Gasteiger partial charge in [-0.25, -0.2) is 28.2 Å². The second kappa shape index (κ2) is 8.27. The van der Waals surface area contributed by atoms with Crippen molar-refractivity contribution in [1.29, 1.82) is 0 Å². The van der Waals surface area contributed by atoms with Crippen LogP contribution in [-0.2, 0) is 5.54 Å². The molecule has 3 aromatic heterocycles. The molecule has 0 radical (unpaired) electrons. The largest absolute Gasteiger partial charge is 0.351 e. The lowest BCUT2D eigenvalue weighted by atomic mass is 9.87. The van der Waals surface area contributed by atoms with Crippen molar-refractivity contribution in [2.24, 2.45) is 5.73 Å². The lowest BCUT2D eigenvalue weighted by Crippen LogP contribution is -2.35. The van der Waals surface area contributed by atoms with E-state index in [4.69, 9.17) is 5.73 Å². The number of halogens is 3. The molecule has 1 aromatic carbocycles. The van der Waals surface area contributed by atoms with E-state index in [1.165, 1.54) is 12.1 Å². The van der Waals surface area contributed by atoms with Crippen LogP contribution in [-0.4, -0.2) is 37.7 Å². The number of nitrogens with two attached hydrogens (primary N) is 1. The molecule has 10 heteroatoms. The number of anilines is 1. The molecule has 168 valence electrons. The lowest BCUT2D eigenvalue weighted by molar-refractivity contribution is 0.515. The van der Waals surface area contributed by atoms with Gasteiger partial charge in [-0.3, -0.25) is 0 Å². The van der Waals surface area contributed by atoms with E-state index in [1.807, 2.05) is 12.3 Å². The van der Waals surface area contributed by atoms with Gasteiger partial charge in [-0.1, -0.05) is 12.1 Å². The minimum atomic E-state index is -1.20. The zero-order valence-electron chi connectivity index (χ0n) is 17.7. The van der Waals surface area contributed by atoms with Gasteiger partial charge in [-0.05, 0) is 47.0 Å². The Kier molecular flexibility index (Phi) is 5.41. The minimum Gasteiger partial charge on any atom is -0.351 e. The SMILES string of the molecule is CC(N)(c1cnc(C2=CCN(c3ncnn4cc(Br)cc34)CC2)nc1)c1ccc(F)cc1F. The van der Waals surface area contributed by atoms with Crippen LogP contribution >= 0.6 is 15.9 Å². The van der Waals surface area contributed by atoms with Crippen LogP contribution in [0.1, 0.15) is 30.3 Å². The highest BCUT2D eigenvalue weighted by Gasteiger charge is 2.28. The molecule has 0 saturated carbocycles. The number of hydrogen-bond donors (Lipinski definition) is 1. The minimum absolute atomic E-state index is 0.181.